The summed E-state index contributed by atoms with van der Waals surface area (Å²) < 4.78 is 1.43. The van der Waals surface area contributed by atoms with Gasteiger partial charge in [0.2, 0.25) is 0 Å². The molecule has 0 rings (SSSR count). The molecule has 0 radical (unpaired) electrons. The van der Waals surface area contributed by atoms with Gasteiger partial charge in [-0.05, 0) is 38.5 Å². The Balaban J connectivity index is 0. The van der Waals surface area contributed by atoms with Crippen LogP contribution in [0.3, 0.4) is 0 Å². The first-order valence-corrected chi connectivity index (χ1v) is 11.1. The molecule has 0 aromatic carbocycles. The van der Waals surface area contributed by atoms with Crippen LogP contribution in [0.25, 0.3) is 0 Å². The van der Waals surface area contributed by atoms with Crippen LogP contribution in [0.15, 0.2) is 0 Å². The van der Waals surface area contributed by atoms with Gasteiger partial charge in [-0.1, -0.05) is 79.1 Å². The molecule has 1 nitrogen and oxygen atoms in total. The number of nitrogens with zero attached hydrogens (tertiary/aromatic N) is 1. The van der Waals surface area contributed by atoms with E-state index in [1.807, 2.05) is 0 Å². The highest BCUT2D eigenvalue weighted by atomic mass is 127. The number of hydrogen-bond donors (Lipinski definition) is 0. The smallest absolute Gasteiger partial charge is 0.0786 e. The molecule has 0 bridgehead atoms. The lowest BCUT2D eigenvalue weighted by atomic mass is 10.1. The lowest BCUT2D eigenvalue weighted by Gasteiger charge is -2.39. The normalized spacial score (nSPS) is 11.5. The fourth-order valence-corrected chi connectivity index (χ4v) is 4.07. The van der Waals surface area contributed by atoms with Gasteiger partial charge >= 0.3 is 0 Å². The van der Waals surface area contributed by atoms with Gasteiger partial charge in [0, 0.05) is 0 Å². The van der Waals surface area contributed by atoms with Crippen molar-refractivity contribution in [2.45, 2.75) is 118 Å². The molecule has 0 saturated heterocycles. The third-order valence-corrected chi connectivity index (χ3v) is 5.37. The Morgan fingerprint density at radius 2 is 0.708 bits per heavy atom. The van der Waals surface area contributed by atoms with E-state index in [0.29, 0.717) is 0 Å². The van der Waals surface area contributed by atoms with Crippen molar-refractivity contribution in [3.8, 4) is 0 Å². The quantitative estimate of drug-likeness (QED) is 0.165. The summed E-state index contributed by atoms with van der Waals surface area (Å²) in [7, 11) is 0. The molecule has 24 heavy (non-hydrogen) atoms. The monoisotopic (exact) mass is 453 g/mol. The van der Waals surface area contributed by atoms with E-state index in [0.717, 1.165) is 0 Å². The Bertz CT molecular complexity index is 206. The van der Waals surface area contributed by atoms with Crippen molar-refractivity contribution in [3.63, 3.8) is 0 Å². The minimum atomic E-state index is 0. The minimum absolute atomic E-state index is 0. The molecular formula is C22H48IN. The van der Waals surface area contributed by atoms with Crippen LogP contribution >= 0.6 is 0 Å². The molecule has 0 aliphatic rings. The van der Waals surface area contributed by atoms with Crippen molar-refractivity contribution in [2.75, 3.05) is 26.2 Å². The second-order valence-electron chi connectivity index (χ2n) is 7.77. The number of quaternary nitrogens is 1. The highest BCUT2D eigenvalue weighted by Crippen LogP contribution is 2.17. The maximum atomic E-state index is 2.38. The van der Waals surface area contributed by atoms with Crippen LogP contribution in [0.2, 0.25) is 0 Å². The molecule has 0 aliphatic carbocycles. The zero-order valence-electron chi connectivity index (χ0n) is 17.6. The SMILES string of the molecule is CCCCCCCC[N+](CCC)(CCC)CCCCCCCC.[I-]. The second kappa shape index (κ2) is 20.0. The van der Waals surface area contributed by atoms with Crippen molar-refractivity contribution < 1.29 is 28.5 Å². The van der Waals surface area contributed by atoms with Gasteiger partial charge in [-0.25, -0.2) is 0 Å². The average molecular weight is 454 g/mol. The van der Waals surface area contributed by atoms with Gasteiger partial charge in [0.15, 0.2) is 0 Å². The van der Waals surface area contributed by atoms with E-state index in [4.69, 9.17) is 0 Å². The molecule has 0 aliphatic heterocycles. The molecule has 0 atom stereocenters. The highest BCUT2D eigenvalue weighted by Gasteiger charge is 2.24. The van der Waals surface area contributed by atoms with E-state index in [9.17, 15) is 0 Å². The van der Waals surface area contributed by atoms with Gasteiger partial charge in [0.05, 0.1) is 26.2 Å². The first-order valence-electron chi connectivity index (χ1n) is 11.1. The van der Waals surface area contributed by atoms with Crippen LogP contribution in [0.1, 0.15) is 118 Å². The first kappa shape index (κ1) is 26.9. The molecule has 2 heteroatoms. The molecule has 0 aromatic rings. The first-order chi connectivity index (χ1) is 11.2. The lowest BCUT2D eigenvalue weighted by molar-refractivity contribution is -0.928. The Morgan fingerprint density at radius 3 is 1.04 bits per heavy atom. The molecule has 148 valence electrons. The predicted octanol–water partition coefficient (Wildman–Crippen LogP) is 4.35. The zero-order valence-corrected chi connectivity index (χ0v) is 19.7. The summed E-state index contributed by atoms with van der Waals surface area (Å²) in [6.45, 7) is 15.1. The number of halogens is 1. The zero-order chi connectivity index (χ0) is 17.2. The summed E-state index contributed by atoms with van der Waals surface area (Å²) in [6.07, 6.45) is 20.0. The lowest BCUT2D eigenvalue weighted by Crippen LogP contribution is -3.00. The standard InChI is InChI=1S/C22H48N.HI/c1-5-9-11-13-15-17-21-23(19-7-3,20-8-4)22-18-16-14-12-10-6-2;/h5-22H2,1-4H3;1H/q+1;/p-1. The fourth-order valence-electron chi connectivity index (χ4n) is 4.07. The van der Waals surface area contributed by atoms with E-state index in [1.54, 1.807) is 0 Å². The van der Waals surface area contributed by atoms with Crippen molar-refractivity contribution >= 4 is 0 Å². The van der Waals surface area contributed by atoms with Crippen LogP contribution in [-0.4, -0.2) is 30.7 Å². The number of hydrogen-bond acceptors (Lipinski definition) is 0. The molecular weight excluding hydrogens is 405 g/mol. The molecule has 0 amide bonds. The van der Waals surface area contributed by atoms with E-state index in [1.165, 1.54) is 121 Å². The van der Waals surface area contributed by atoms with Gasteiger partial charge in [0.25, 0.3) is 0 Å². The Morgan fingerprint density at radius 1 is 0.375 bits per heavy atom. The average Bonchev–Trinajstić information content (AvgIpc) is 2.54. The van der Waals surface area contributed by atoms with Crippen LogP contribution in [0.5, 0.6) is 0 Å². The highest BCUT2D eigenvalue weighted by molar-refractivity contribution is 4.51. The summed E-state index contributed by atoms with van der Waals surface area (Å²) in [6, 6.07) is 0. The minimum Gasteiger partial charge on any atom is -1.00 e. The second-order valence-corrected chi connectivity index (χ2v) is 7.77. The van der Waals surface area contributed by atoms with Crippen LogP contribution < -0.4 is 24.0 Å². The molecule has 0 N–H and O–H groups in total. The van der Waals surface area contributed by atoms with Crippen LogP contribution in [0, 0.1) is 0 Å². The van der Waals surface area contributed by atoms with E-state index in [-0.39, 0.29) is 24.0 Å². The third-order valence-electron chi connectivity index (χ3n) is 5.37. The summed E-state index contributed by atoms with van der Waals surface area (Å²) in [4.78, 5) is 0. The predicted molar refractivity (Wildman–Crippen MR) is 107 cm³/mol. The molecule has 0 unspecified atom stereocenters. The molecule has 0 spiro atoms. The molecule has 0 saturated carbocycles. The maximum Gasteiger partial charge on any atom is 0.0786 e. The Labute approximate surface area is 172 Å². The Kier molecular flexibility index (Phi) is 22.4. The fraction of sp³-hybridized carbons (Fsp3) is 1.00. The maximum absolute atomic E-state index is 2.38. The van der Waals surface area contributed by atoms with E-state index >= 15 is 0 Å². The summed E-state index contributed by atoms with van der Waals surface area (Å²) >= 11 is 0. The van der Waals surface area contributed by atoms with Gasteiger partial charge in [0.1, 0.15) is 0 Å². The number of unbranched alkanes of at least 4 members (excludes halogenated alkanes) is 10. The number of rotatable bonds is 18. The third kappa shape index (κ3) is 15.0. The van der Waals surface area contributed by atoms with Gasteiger partial charge in [-0.15, -0.1) is 0 Å². The topological polar surface area (TPSA) is 0 Å². The van der Waals surface area contributed by atoms with Gasteiger partial charge in [-0.3, -0.25) is 0 Å². The van der Waals surface area contributed by atoms with Crippen LogP contribution in [0.4, 0.5) is 0 Å². The van der Waals surface area contributed by atoms with Crippen molar-refractivity contribution in [1.29, 1.82) is 0 Å². The Hall–Kier alpha value is 0.690. The molecule has 0 aromatic heterocycles. The van der Waals surface area contributed by atoms with Gasteiger partial charge in [-0.2, -0.15) is 0 Å². The largest absolute Gasteiger partial charge is 1.00 e. The van der Waals surface area contributed by atoms with Crippen molar-refractivity contribution in [1.82, 2.24) is 0 Å². The molecule has 0 fully saturated rings. The summed E-state index contributed by atoms with van der Waals surface area (Å²) in [5, 5.41) is 0. The van der Waals surface area contributed by atoms with Crippen LogP contribution in [-0.2, 0) is 0 Å². The molecule has 0 heterocycles. The van der Waals surface area contributed by atoms with Gasteiger partial charge < -0.3 is 28.5 Å². The summed E-state index contributed by atoms with van der Waals surface area (Å²) in [5.74, 6) is 0. The van der Waals surface area contributed by atoms with E-state index < -0.39 is 0 Å². The van der Waals surface area contributed by atoms with E-state index in [2.05, 4.69) is 27.7 Å². The summed E-state index contributed by atoms with van der Waals surface area (Å²) in [5.41, 5.74) is 0. The van der Waals surface area contributed by atoms with Crippen molar-refractivity contribution in [2.24, 2.45) is 0 Å². The van der Waals surface area contributed by atoms with Crippen molar-refractivity contribution in [3.05, 3.63) is 0 Å².